The summed E-state index contributed by atoms with van der Waals surface area (Å²) < 4.78 is 0. The Kier molecular flexibility index (Phi) is 3.79. The van der Waals surface area contributed by atoms with Crippen molar-refractivity contribution in [3.8, 4) is 0 Å². The molecule has 0 spiro atoms. The van der Waals surface area contributed by atoms with Gasteiger partial charge in [-0.25, -0.2) is 4.79 Å². The van der Waals surface area contributed by atoms with Gasteiger partial charge in [-0.05, 0) is 11.6 Å². The standard InChI is InChI=1S/C11H11NO4/c12-6-7-2-1-3-8(4-7)9(13)5-10(14)11(15)16/h1-5,13H,6,12H2,(H,15,16). The van der Waals surface area contributed by atoms with Gasteiger partial charge in [0.25, 0.3) is 5.78 Å². The number of aliphatic hydroxyl groups excluding tert-OH is 1. The molecule has 0 bridgehead atoms. The molecule has 16 heavy (non-hydrogen) atoms. The molecule has 0 atom stereocenters. The average molecular weight is 221 g/mol. The van der Waals surface area contributed by atoms with Crippen LogP contribution in [0.2, 0.25) is 0 Å². The van der Waals surface area contributed by atoms with Crippen LogP contribution in [-0.4, -0.2) is 22.0 Å². The number of carbonyl (C=O) groups excluding carboxylic acids is 1. The predicted octanol–water partition coefficient (Wildman–Crippen LogP) is 0.698. The molecule has 1 rings (SSSR count). The molecule has 1 aromatic carbocycles. The van der Waals surface area contributed by atoms with E-state index in [-0.39, 0.29) is 5.76 Å². The number of hydrogen-bond donors (Lipinski definition) is 3. The summed E-state index contributed by atoms with van der Waals surface area (Å²) in [6.45, 7) is 0.300. The van der Waals surface area contributed by atoms with Gasteiger partial charge >= 0.3 is 5.97 Å². The van der Waals surface area contributed by atoms with Gasteiger partial charge in [-0.1, -0.05) is 18.2 Å². The second-order valence-electron chi connectivity index (χ2n) is 3.10. The first kappa shape index (κ1) is 11.9. The summed E-state index contributed by atoms with van der Waals surface area (Å²) in [5, 5.41) is 17.8. The second-order valence-corrected chi connectivity index (χ2v) is 3.10. The molecule has 0 aromatic heterocycles. The van der Waals surface area contributed by atoms with Crippen LogP contribution < -0.4 is 5.73 Å². The molecule has 0 amide bonds. The van der Waals surface area contributed by atoms with E-state index in [1.54, 1.807) is 24.3 Å². The molecule has 0 unspecified atom stereocenters. The number of carboxylic acids is 1. The molecular weight excluding hydrogens is 210 g/mol. The van der Waals surface area contributed by atoms with Crippen molar-refractivity contribution in [3.05, 3.63) is 41.5 Å². The lowest BCUT2D eigenvalue weighted by Gasteiger charge is -2.02. The number of ketones is 1. The Hall–Kier alpha value is -2.14. The SMILES string of the molecule is NCc1cccc(C(O)=CC(=O)C(=O)O)c1. The summed E-state index contributed by atoms with van der Waals surface area (Å²) >= 11 is 0. The zero-order valence-corrected chi connectivity index (χ0v) is 8.38. The molecule has 1 aromatic rings. The van der Waals surface area contributed by atoms with Crippen molar-refractivity contribution in [2.75, 3.05) is 0 Å². The smallest absolute Gasteiger partial charge is 0.376 e. The van der Waals surface area contributed by atoms with Gasteiger partial charge in [-0.2, -0.15) is 0 Å². The highest BCUT2D eigenvalue weighted by Gasteiger charge is 2.10. The van der Waals surface area contributed by atoms with Gasteiger partial charge in [-0.15, -0.1) is 0 Å². The van der Waals surface area contributed by atoms with Crippen LogP contribution in [0.3, 0.4) is 0 Å². The number of aliphatic hydroxyl groups is 1. The molecule has 0 saturated heterocycles. The third-order valence-corrected chi connectivity index (χ3v) is 1.94. The van der Waals surface area contributed by atoms with E-state index in [1.165, 1.54) is 0 Å². The van der Waals surface area contributed by atoms with Crippen molar-refractivity contribution in [1.82, 2.24) is 0 Å². The van der Waals surface area contributed by atoms with Crippen LogP contribution in [0.5, 0.6) is 0 Å². The van der Waals surface area contributed by atoms with E-state index in [2.05, 4.69) is 0 Å². The minimum atomic E-state index is -1.61. The zero-order valence-electron chi connectivity index (χ0n) is 8.38. The lowest BCUT2D eigenvalue weighted by molar-refractivity contribution is -0.146. The van der Waals surface area contributed by atoms with Crippen molar-refractivity contribution in [2.45, 2.75) is 6.54 Å². The van der Waals surface area contributed by atoms with Crippen LogP contribution in [0.25, 0.3) is 5.76 Å². The summed E-state index contributed by atoms with van der Waals surface area (Å²) in [4.78, 5) is 21.1. The Balaban J connectivity index is 2.99. The van der Waals surface area contributed by atoms with Gasteiger partial charge in [0.15, 0.2) is 0 Å². The van der Waals surface area contributed by atoms with Gasteiger partial charge < -0.3 is 15.9 Å². The molecule has 0 radical (unpaired) electrons. The first-order chi connectivity index (χ1) is 7.54. The molecule has 0 aliphatic carbocycles. The highest BCUT2D eigenvalue weighted by atomic mass is 16.4. The number of carbonyl (C=O) groups is 2. The molecule has 84 valence electrons. The molecule has 5 nitrogen and oxygen atoms in total. The largest absolute Gasteiger partial charge is 0.507 e. The minimum Gasteiger partial charge on any atom is -0.507 e. The molecule has 0 aliphatic heterocycles. The fourth-order valence-electron chi connectivity index (χ4n) is 1.13. The van der Waals surface area contributed by atoms with Crippen LogP contribution >= 0.6 is 0 Å². The Labute approximate surface area is 91.8 Å². The molecule has 4 N–H and O–H groups in total. The third kappa shape index (κ3) is 2.93. The van der Waals surface area contributed by atoms with Crippen molar-refractivity contribution in [2.24, 2.45) is 5.73 Å². The molecule has 0 heterocycles. The molecule has 0 saturated carbocycles. The zero-order chi connectivity index (χ0) is 12.1. The van der Waals surface area contributed by atoms with E-state index >= 15 is 0 Å². The van der Waals surface area contributed by atoms with E-state index in [1.807, 2.05) is 0 Å². The molecule has 0 aliphatic rings. The van der Waals surface area contributed by atoms with Crippen LogP contribution in [0.1, 0.15) is 11.1 Å². The maximum absolute atomic E-state index is 10.8. The lowest BCUT2D eigenvalue weighted by Crippen LogP contribution is -2.09. The second kappa shape index (κ2) is 5.09. The first-order valence-corrected chi connectivity index (χ1v) is 4.52. The number of aliphatic carboxylic acids is 1. The van der Waals surface area contributed by atoms with E-state index in [4.69, 9.17) is 10.8 Å². The third-order valence-electron chi connectivity index (χ3n) is 1.94. The van der Waals surface area contributed by atoms with Crippen molar-refractivity contribution in [3.63, 3.8) is 0 Å². The Morgan fingerprint density at radius 3 is 2.56 bits per heavy atom. The Morgan fingerprint density at radius 2 is 2.00 bits per heavy atom. The van der Waals surface area contributed by atoms with E-state index in [9.17, 15) is 14.7 Å². The predicted molar refractivity (Wildman–Crippen MR) is 57.6 cm³/mol. The number of benzene rings is 1. The Bertz CT molecular complexity index is 451. The minimum absolute atomic E-state index is 0.300. The quantitative estimate of drug-likeness (QED) is 0.394. The van der Waals surface area contributed by atoms with Gasteiger partial charge in [0.2, 0.25) is 0 Å². The van der Waals surface area contributed by atoms with Gasteiger partial charge in [-0.3, -0.25) is 4.79 Å². The lowest BCUT2D eigenvalue weighted by atomic mass is 10.1. The normalized spacial score (nSPS) is 11.2. The summed E-state index contributed by atoms with van der Waals surface area (Å²) in [6.07, 6.45) is 0.665. The molecular formula is C11H11NO4. The summed E-state index contributed by atoms with van der Waals surface area (Å²) in [7, 11) is 0. The topological polar surface area (TPSA) is 101 Å². The number of nitrogens with two attached hydrogens (primary N) is 1. The van der Waals surface area contributed by atoms with Crippen molar-refractivity contribution < 1.29 is 19.8 Å². The van der Waals surface area contributed by atoms with Crippen LogP contribution in [0, 0.1) is 0 Å². The maximum atomic E-state index is 10.8. The number of rotatable bonds is 4. The van der Waals surface area contributed by atoms with Crippen molar-refractivity contribution >= 4 is 17.5 Å². The van der Waals surface area contributed by atoms with Crippen molar-refractivity contribution in [1.29, 1.82) is 0 Å². The number of carboxylic acid groups (broad SMARTS) is 1. The maximum Gasteiger partial charge on any atom is 0.376 e. The fraction of sp³-hybridized carbons (Fsp3) is 0.0909. The van der Waals surface area contributed by atoms with Gasteiger partial charge in [0.1, 0.15) is 5.76 Å². The average Bonchev–Trinajstić information content (AvgIpc) is 2.28. The van der Waals surface area contributed by atoms with Crippen LogP contribution in [0.15, 0.2) is 30.3 Å². The monoisotopic (exact) mass is 221 g/mol. The summed E-state index contributed by atoms with van der Waals surface area (Å²) in [5.74, 6) is -3.17. The number of hydrogen-bond acceptors (Lipinski definition) is 4. The van der Waals surface area contributed by atoms with E-state index in [0.717, 1.165) is 5.56 Å². The first-order valence-electron chi connectivity index (χ1n) is 4.52. The van der Waals surface area contributed by atoms with Crippen LogP contribution in [0.4, 0.5) is 0 Å². The molecule has 5 heteroatoms. The van der Waals surface area contributed by atoms with Gasteiger partial charge in [0.05, 0.1) is 0 Å². The highest BCUT2D eigenvalue weighted by Crippen LogP contribution is 2.13. The van der Waals surface area contributed by atoms with E-state index in [0.29, 0.717) is 18.2 Å². The highest BCUT2D eigenvalue weighted by molar-refractivity contribution is 6.38. The Morgan fingerprint density at radius 1 is 1.31 bits per heavy atom. The van der Waals surface area contributed by atoms with Crippen LogP contribution in [-0.2, 0) is 16.1 Å². The fourth-order valence-corrected chi connectivity index (χ4v) is 1.13. The van der Waals surface area contributed by atoms with E-state index < -0.39 is 11.8 Å². The summed E-state index contributed by atoms with van der Waals surface area (Å²) in [5.41, 5.74) is 6.54. The molecule has 0 fully saturated rings. The van der Waals surface area contributed by atoms with Gasteiger partial charge in [0, 0.05) is 18.2 Å². The summed E-state index contributed by atoms with van der Waals surface area (Å²) in [6, 6.07) is 6.56.